The number of aromatic hydroxyl groups is 1. The molecule has 1 N–H and O–H groups in total. The zero-order chi connectivity index (χ0) is 22.5. The average Bonchev–Trinajstić information content (AvgIpc) is 3.19. The fraction of sp³-hybridized carbons (Fsp3) is 0.208. The number of halogens is 1. The highest BCUT2D eigenvalue weighted by molar-refractivity contribution is 7.14. The number of nitrogens with zero attached hydrogens (tertiary/aromatic N) is 2. The first kappa shape index (κ1) is 22.7. The number of aryl methyl sites for hydroxylation is 2. The van der Waals surface area contributed by atoms with Gasteiger partial charge in [-0.3, -0.25) is 14.5 Å². The van der Waals surface area contributed by atoms with E-state index in [-0.39, 0.29) is 17.4 Å². The van der Waals surface area contributed by atoms with Crippen LogP contribution >= 0.6 is 22.9 Å². The molecule has 3 rings (SSSR count). The Labute approximate surface area is 190 Å². The fourth-order valence-corrected chi connectivity index (χ4v) is 4.19. The number of thiazole rings is 1. The van der Waals surface area contributed by atoms with Gasteiger partial charge in [-0.2, -0.15) is 0 Å². The molecule has 31 heavy (non-hydrogen) atoms. The molecule has 0 fully saturated rings. The van der Waals surface area contributed by atoms with Crippen molar-refractivity contribution in [1.82, 2.24) is 4.98 Å². The second kappa shape index (κ2) is 9.90. The monoisotopic (exact) mass is 454 g/mol. The Morgan fingerprint density at radius 1 is 1.23 bits per heavy atom. The molecule has 0 unspecified atom stereocenters. The van der Waals surface area contributed by atoms with Crippen molar-refractivity contribution in [2.45, 2.75) is 27.2 Å². The highest BCUT2D eigenvalue weighted by Crippen LogP contribution is 2.32. The minimum atomic E-state index is -0.205. The van der Waals surface area contributed by atoms with Crippen LogP contribution in [0, 0.1) is 13.8 Å². The lowest BCUT2D eigenvalue weighted by molar-refractivity contribution is -0.115. The van der Waals surface area contributed by atoms with Gasteiger partial charge in [0, 0.05) is 23.7 Å². The molecule has 3 aromatic rings. The molecule has 1 amide bonds. The molecule has 0 saturated heterocycles. The normalized spacial score (nSPS) is 11.1. The molecule has 2 aromatic carbocycles. The summed E-state index contributed by atoms with van der Waals surface area (Å²) in [5.41, 5.74) is 4.59. The van der Waals surface area contributed by atoms with Gasteiger partial charge in [0.1, 0.15) is 5.75 Å². The summed E-state index contributed by atoms with van der Waals surface area (Å²) in [4.78, 5) is 31.0. The lowest BCUT2D eigenvalue weighted by Gasteiger charge is -2.21. The van der Waals surface area contributed by atoms with Crippen molar-refractivity contribution < 1.29 is 14.7 Å². The number of allylic oxidation sites excluding steroid dienone is 1. The van der Waals surface area contributed by atoms with Gasteiger partial charge in [-0.1, -0.05) is 12.1 Å². The summed E-state index contributed by atoms with van der Waals surface area (Å²) >= 11 is 7.09. The number of benzene rings is 2. The zero-order valence-corrected chi connectivity index (χ0v) is 19.1. The number of hydrogen-bond acceptors (Lipinski definition) is 5. The van der Waals surface area contributed by atoms with E-state index in [1.807, 2.05) is 32.0 Å². The summed E-state index contributed by atoms with van der Waals surface area (Å²) in [6, 6.07) is 10.5. The van der Waals surface area contributed by atoms with E-state index in [4.69, 9.17) is 11.6 Å². The third-order valence-electron chi connectivity index (χ3n) is 4.97. The van der Waals surface area contributed by atoms with E-state index in [1.54, 1.807) is 28.5 Å². The van der Waals surface area contributed by atoms with Crippen LogP contribution in [0.3, 0.4) is 0 Å². The standard InChI is InChI=1S/C24H23ClN2O3S/c1-15-5-4-6-21(16(15)2)27(17(3)28)24-26-20(14-31-24)8-10-23(30)18-7-9-22(29)19(13-18)11-12-25/h4-10,13-14,29H,11-12H2,1-3H3. The molecule has 0 bridgehead atoms. The predicted molar refractivity (Wildman–Crippen MR) is 127 cm³/mol. The van der Waals surface area contributed by atoms with Crippen molar-refractivity contribution in [3.63, 3.8) is 0 Å². The fourth-order valence-electron chi connectivity index (χ4n) is 3.14. The second-order valence-electron chi connectivity index (χ2n) is 7.11. The Hall–Kier alpha value is -2.96. The molecule has 0 atom stereocenters. The van der Waals surface area contributed by atoms with Crippen molar-refractivity contribution in [3.8, 4) is 5.75 Å². The van der Waals surface area contributed by atoms with Crippen molar-refractivity contribution in [1.29, 1.82) is 0 Å². The summed E-state index contributed by atoms with van der Waals surface area (Å²) in [5.74, 6) is 0.144. The van der Waals surface area contributed by atoms with Crippen molar-refractivity contribution in [2.75, 3.05) is 10.8 Å². The maximum absolute atomic E-state index is 12.5. The van der Waals surface area contributed by atoms with Gasteiger partial charge in [0.25, 0.3) is 0 Å². The first-order valence-electron chi connectivity index (χ1n) is 9.74. The topological polar surface area (TPSA) is 70.5 Å². The van der Waals surface area contributed by atoms with Crippen molar-refractivity contribution in [3.05, 3.63) is 75.8 Å². The minimum absolute atomic E-state index is 0.126. The van der Waals surface area contributed by atoms with E-state index >= 15 is 0 Å². The van der Waals surface area contributed by atoms with E-state index in [1.165, 1.54) is 30.4 Å². The number of carbonyl (C=O) groups excluding carboxylic acids is 2. The highest BCUT2D eigenvalue weighted by Gasteiger charge is 2.20. The van der Waals surface area contributed by atoms with Crippen LogP contribution in [0.15, 0.2) is 47.9 Å². The molecule has 0 saturated carbocycles. The van der Waals surface area contributed by atoms with Crippen molar-refractivity contribution in [2.24, 2.45) is 0 Å². The summed E-state index contributed by atoms with van der Waals surface area (Å²) in [6.45, 7) is 5.48. The predicted octanol–water partition coefficient (Wildman–Crippen LogP) is 5.83. The Bertz CT molecular complexity index is 1150. The van der Waals surface area contributed by atoms with Gasteiger partial charge in [0.15, 0.2) is 10.9 Å². The van der Waals surface area contributed by atoms with Gasteiger partial charge in [-0.15, -0.1) is 22.9 Å². The van der Waals surface area contributed by atoms with Gasteiger partial charge >= 0.3 is 0 Å². The molecule has 0 radical (unpaired) electrons. The molecule has 160 valence electrons. The number of rotatable bonds is 7. The SMILES string of the molecule is CC(=O)N(c1nc(C=CC(=O)c2ccc(O)c(CCCl)c2)cs1)c1cccc(C)c1C. The van der Waals surface area contributed by atoms with Crippen LogP contribution in [-0.2, 0) is 11.2 Å². The van der Waals surface area contributed by atoms with E-state index < -0.39 is 0 Å². The Morgan fingerprint density at radius 3 is 2.71 bits per heavy atom. The summed E-state index contributed by atoms with van der Waals surface area (Å²) in [6.07, 6.45) is 3.54. The third kappa shape index (κ3) is 5.21. The summed E-state index contributed by atoms with van der Waals surface area (Å²) in [5, 5.41) is 12.2. The molecular weight excluding hydrogens is 432 g/mol. The summed E-state index contributed by atoms with van der Waals surface area (Å²) < 4.78 is 0. The van der Waals surface area contributed by atoms with Gasteiger partial charge < -0.3 is 5.11 Å². The molecule has 7 heteroatoms. The zero-order valence-electron chi connectivity index (χ0n) is 17.6. The highest BCUT2D eigenvalue weighted by atomic mass is 35.5. The van der Waals surface area contributed by atoms with Crippen LogP contribution in [0.25, 0.3) is 6.08 Å². The Balaban J connectivity index is 1.83. The Kier molecular flexibility index (Phi) is 7.25. The number of ketones is 1. The average molecular weight is 455 g/mol. The molecule has 1 heterocycles. The minimum Gasteiger partial charge on any atom is -0.508 e. The van der Waals surface area contributed by atoms with Crippen molar-refractivity contribution >= 4 is 51.5 Å². The lowest BCUT2D eigenvalue weighted by atomic mass is 10.0. The van der Waals surface area contributed by atoms with Crippen LogP contribution in [0.1, 0.15) is 39.7 Å². The number of phenols is 1. The first-order chi connectivity index (χ1) is 14.8. The van der Waals surface area contributed by atoms with E-state index in [9.17, 15) is 14.7 Å². The maximum Gasteiger partial charge on any atom is 0.230 e. The van der Waals surface area contributed by atoms with Crippen LogP contribution < -0.4 is 4.90 Å². The molecule has 5 nitrogen and oxygen atoms in total. The third-order valence-corrected chi connectivity index (χ3v) is 6.00. The number of phenolic OH excluding ortho intramolecular Hbond substituents is 1. The number of anilines is 2. The Morgan fingerprint density at radius 2 is 2.00 bits per heavy atom. The summed E-state index contributed by atoms with van der Waals surface area (Å²) in [7, 11) is 0. The van der Waals surface area contributed by atoms with Crippen LogP contribution in [0.2, 0.25) is 0 Å². The molecule has 0 aliphatic rings. The molecule has 1 aromatic heterocycles. The molecule has 0 aliphatic carbocycles. The lowest BCUT2D eigenvalue weighted by Crippen LogP contribution is -2.23. The van der Waals surface area contributed by atoms with E-state index in [0.717, 1.165) is 16.8 Å². The first-order valence-corrected chi connectivity index (χ1v) is 11.2. The molecular formula is C24H23ClN2O3S. The largest absolute Gasteiger partial charge is 0.508 e. The van der Waals surface area contributed by atoms with Gasteiger partial charge in [-0.05, 0) is 73.4 Å². The van der Waals surface area contributed by atoms with Gasteiger partial charge in [0.05, 0.1) is 11.4 Å². The van der Waals surface area contributed by atoms with Crippen LogP contribution in [-0.4, -0.2) is 27.7 Å². The smallest absolute Gasteiger partial charge is 0.230 e. The number of carbonyl (C=O) groups is 2. The number of hydrogen-bond donors (Lipinski definition) is 1. The van der Waals surface area contributed by atoms with E-state index in [0.29, 0.717) is 34.3 Å². The maximum atomic E-state index is 12.5. The van der Waals surface area contributed by atoms with E-state index in [2.05, 4.69) is 4.98 Å². The van der Waals surface area contributed by atoms with Gasteiger partial charge in [-0.25, -0.2) is 4.98 Å². The number of alkyl halides is 1. The number of aromatic nitrogens is 1. The van der Waals surface area contributed by atoms with Crippen LogP contribution in [0.5, 0.6) is 5.75 Å². The quantitative estimate of drug-likeness (QED) is 0.277. The second-order valence-corrected chi connectivity index (χ2v) is 8.32. The number of amides is 1. The van der Waals surface area contributed by atoms with Crippen LogP contribution in [0.4, 0.5) is 10.8 Å². The van der Waals surface area contributed by atoms with Gasteiger partial charge in [0.2, 0.25) is 5.91 Å². The molecule has 0 spiro atoms. The molecule has 0 aliphatic heterocycles.